The Balaban J connectivity index is 2.76. The van der Waals surface area contributed by atoms with E-state index in [1.165, 1.54) is 7.11 Å². The van der Waals surface area contributed by atoms with Crippen LogP contribution in [0.15, 0.2) is 47.4 Å². The lowest BCUT2D eigenvalue weighted by atomic mass is 10.2. The van der Waals surface area contributed by atoms with Crippen LogP contribution in [0.5, 0.6) is 5.75 Å². The van der Waals surface area contributed by atoms with E-state index in [4.69, 9.17) is 4.74 Å². The van der Waals surface area contributed by atoms with Gasteiger partial charge in [0, 0.05) is 12.1 Å². The molecule has 0 aliphatic carbocycles. The number of non-ortho nitro benzene ring substituents is 1. The van der Waals surface area contributed by atoms with Crippen LogP contribution in [0.1, 0.15) is 6.92 Å². The lowest BCUT2D eigenvalue weighted by molar-refractivity contribution is -0.384. The Kier molecular flexibility index (Phi) is 5.64. The smallest absolute Gasteiger partial charge is 0.327 e. The van der Waals surface area contributed by atoms with Crippen molar-refractivity contribution in [2.75, 3.05) is 11.4 Å². The Morgan fingerprint density at radius 1 is 1.26 bits per heavy atom. The van der Waals surface area contributed by atoms with E-state index in [0.717, 1.165) is 49.4 Å². The maximum Gasteiger partial charge on any atom is 0.327 e. The molecule has 11 heteroatoms. The van der Waals surface area contributed by atoms with E-state index >= 15 is 0 Å². The zero-order chi connectivity index (χ0) is 20.4. The summed E-state index contributed by atoms with van der Waals surface area (Å²) < 4.78 is 44.8. The lowest BCUT2D eigenvalue weighted by Gasteiger charge is -2.29. The SMILES string of the molecule is COc1ccc([N+](=O)[O-])cc1N(C(C)C(=O)O)S(=O)(=O)c1ccc(F)cc1. The van der Waals surface area contributed by atoms with Gasteiger partial charge in [-0.15, -0.1) is 0 Å². The lowest BCUT2D eigenvalue weighted by Crippen LogP contribution is -2.43. The number of hydrogen-bond donors (Lipinski definition) is 1. The highest BCUT2D eigenvalue weighted by Gasteiger charge is 2.36. The number of carboxylic acid groups (broad SMARTS) is 1. The first kappa shape index (κ1) is 20.1. The number of aliphatic carboxylic acids is 1. The fraction of sp³-hybridized carbons (Fsp3) is 0.188. The summed E-state index contributed by atoms with van der Waals surface area (Å²) in [6.07, 6.45) is 0. The zero-order valence-corrected chi connectivity index (χ0v) is 15.0. The van der Waals surface area contributed by atoms with E-state index in [-0.39, 0.29) is 16.3 Å². The van der Waals surface area contributed by atoms with Crippen LogP contribution in [0.2, 0.25) is 0 Å². The highest BCUT2D eigenvalue weighted by Crippen LogP contribution is 2.37. The molecule has 0 aromatic heterocycles. The minimum absolute atomic E-state index is 0.0839. The second kappa shape index (κ2) is 7.58. The highest BCUT2D eigenvalue weighted by molar-refractivity contribution is 7.93. The molecule has 1 atom stereocenters. The number of carbonyl (C=O) groups is 1. The molecule has 0 heterocycles. The summed E-state index contributed by atoms with van der Waals surface area (Å²) in [7, 11) is -3.30. The summed E-state index contributed by atoms with van der Waals surface area (Å²) in [6.45, 7) is 1.10. The second-order valence-corrected chi connectivity index (χ2v) is 7.20. The average Bonchev–Trinajstić information content (AvgIpc) is 2.61. The minimum atomic E-state index is -4.51. The molecule has 0 amide bonds. The first-order valence-electron chi connectivity index (χ1n) is 7.45. The standard InChI is InChI=1S/C16H15FN2O7S/c1-10(16(20)21)18(27(24,25)13-6-3-11(17)4-7-13)14-9-12(19(22)23)5-8-15(14)26-2/h3-10H,1-2H3,(H,20,21). The number of nitro groups is 1. The predicted octanol–water partition coefficient (Wildman–Crippen LogP) is 2.41. The van der Waals surface area contributed by atoms with Crippen molar-refractivity contribution < 1.29 is 32.4 Å². The van der Waals surface area contributed by atoms with Crippen LogP contribution in [0, 0.1) is 15.9 Å². The van der Waals surface area contributed by atoms with Crippen molar-refractivity contribution in [2.24, 2.45) is 0 Å². The summed E-state index contributed by atoms with van der Waals surface area (Å²) in [5.41, 5.74) is -0.784. The fourth-order valence-electron chi connectivity index (χ4n) is 2.33. The van der Waals surface area contributed by atoms with Crippen molar-refractivity contribution in [2.45, 2.75) is 17.9 Å². The molecule has 0 bridgehead atoms. The van der Waals surface area contributed by atoms with E-state index in [1.54, 1.807) is 0 Å². The van der Waals surface area contributed by atoms with Gasteiger partial charge in [-0.1, -0.05) is 0 Å². The first-order chi connectivity index (χ1) is 12.6. The van der Waals surface area contributed by atoms with Gasteiger partial charge in [-0.25, -0.2) is 21.9 Å². The summed E-state index contributed by atoms with van der Waals surface area (Å²) in [6, 6.07) is 5.27. The van der Waals surface area contributed by atoms with Gasteiger partial charge in [0.05, 0.1) is 16.9 Å². The number of anilines is 1. The van der Waals surface area contributed by atoms with Crippen LogP contribution in [-0.2, 0) is 14.8 Å². The fourth-order valence-corrected chi connectivity index (χ4v) is 3.95. The Labute approximate surface area is 153 Å². The third kappa shape index (κ3) is 3.97. The molecule has 1 N–H and O–H groups in total. The van der Waals surface area contributed by atoms with Gasteiger partial charge < -0.3 is 9.84 Å². The third-order valence-corrected chi connectivity index (χ3v) is 5.59. The molecule has 27 heavy (non-hydrogen) atoms. The number of rotatable bonds is 7. The number of hydrogen-bond acceptors (Lipinski definition) is 6. The molecule has 1 unspecified atom stereocenters. The minimum Gasteiger partial charge on any atom is -0.495 e. The summed E-state index contributed by atoms with van der Waals surface area (Å²) in [5.74, 6) is -2.26. The molecule has 0 spiro atoms. The second-order valence-electron chi connectivity index (χ2n) is 5.38. The molecule has 0 saturated heterocycles. The van der Waals surface area contributed by atoms with E-state index < -0.39 is 38.5 Å². The van der Waals surface area contributed by atoms with Gasteiger partial charge in [-0.2, -0.15) is 0 Å². The number of benzene rings is 2. The van der Waals surface area contributed by atoms with Gasteiger partial charge in [0.25, 0.3) is 15.7 Å². The number of carboxylic acids is 1. The Morgan fingerprint density at radius 2 is 1.85 bits per heavy atom. The summed E-state index contributed by atoms with van der Waals surface area (Å²) in [4.78, 5) is 21.5. The van der Waals surface area contributed by atoms with Crippen LogP contribution in [0.3, 0.4) is 0 Å². The van der Waals surface area contributed by atoms with Gasteiger partial charge in [0.2, 0.25) is 0 Å². The van der Waals surface area contributed by atoms with E-state index in [0.29, 0.717) is 4.31 Å². The van der Waals surface area contributed by atoms with E-state index in [1.807, 2.05) is 0 Å². The van der Waals surface area contributed by atoms with Crippen molar-refractivity contribution >= 4 is 27.4 Å². The van der Waals surface area contributed by atoms with Crippen molar-refractivity contribution in [1.29, 1.82) is 0 Å². The number of methoxy groups -OCH3 is 1. The highest BCUT2D eigenvalue weighted by atomic mass is 32.2. The van der Waals surface area contributed by atoms with Crippen molar-refractivity contribution in [3.63, 3.8) is 0 Å². The predicted molar refractivity (Wildman–Crippen MR) is 92.8 cm³/mol. The van der Waals surface area contributed by atoms with E-state index in [2.05, 4.69) is 0 Å². The largest absolute Gasteiger partial charge is 0.495 e. The summed E-state index contributed by atoms with van der Waals surface area (Å²) >= 11 is 0. The molecule has 0 radical (unpaired) electrons. The zero-order valence-electron chi connectivity index (χ0n) is 14.2. The first-order valence-corrected chi connectivity index (χ1v) is 8.89. The Morgan fingerprint density at radius 3 is 2.33 bits per heavy atom. The quantitative estimate of drug-likeness (QED) is 0.560. The molecule has 2 rings (SSSR count). The third-order valence-electron chi connectivity index (χ3n) is 3.69. The van der Waals surface area contributed by atoms with Gasteiger partial charge in [-0.05, 0) is 37.3 Å². The van der Waals surface area contributed by atoms with Crippen LogP contribution in [-0.4, -0.2) is 37.6 Å². The number of ether oxygens (including phenoxy) is 1. The molecule has 0 aliphatic heterocycles. The van der Waals surface area contributed by atoms with Crippen LogP contribution in [0.25, 0.3) is 0 Å². The molecule has 0 saturated carbocycles. The molecule has 0 aliphatic rings. The molecule has 144 valence electrons. The number of nitrogens with zero attached hydrogens (tertiary/aromatic N) is 2. The van der Waals surface area contributed by atoms with Gasteiger partial charge in [0.1, 0.15) is 23.3 Å². The van der Waals surface area contributed by atoms with E-state index in [9.17, 15) is 32.8 Å². The molecular weight excluding hydrogens is 383 g/mol. The number of halogens is 1. The topological polar surface area (TPSA) is 127 Å². The van der Waals surface area contributed by atoms with Crippen LogP contribution < -0.4 is 9.04 Å². The monoisotopic (exact) mass is 398 g/mol. The molecule has 2 aromatic rings. The van der Waals surface area contributed by atoms with Crippen molar-refractivity contribution in [1.82, 2.24) is 0 Å². The van der Waals surface area contributed by atoms with Gasteiger partial charge in [-0.3, -0.25) is 10.1 Å². The maximum atomic E-state index is 13.1. The summed E-state index contributed by atoms with van der Waals surface area (Å²) in [5, 5.41) is 20.4. The molecule has 0 fully saturated rings. The van der Waals surface area contributed by atoms with Gasteiger partial charge in [0.15, 0.2) is 0 Å². The van der Waals surface area contributed by atoms with Crippen LogP contribution >= 0.6 is 0 Å². The molecular formula is C16H15FN2O7S. The molecule has 9 nitrogen and oxygen atoms in total. The maximum absolute atomic E-state index is 13.1. The van der Waals surface area contributed by atoms with Crippen LogP contribution in [0.4, 0.5) is 15.8 Å². The average molecular weight is 398 g/mol. The number of nitro benzene ring substituents is 1. The van der Waals surface area contributed by atoms with Crippen molar-refractivity contribution in [3.8, 4) is 5.75 Å². The Hall–Kier alpha value is -3.21. The van der Waals surface area contributed by atoms with Gasteiger partial charge >= 0.3 is 5.97 Å². The number of sulfonamides is 1. The van der Waals surface area contributed by atoms with Crippen molar-refractivity contribution in [3.05, 3.63) is 58.4 Å². The normalized spacial score (nSPS) is 12.3. The Bertz CT molecular complexity index is 977. The molecule has 2 aromatic carbocycles.